The first-order chi connectivity index (χ1) is 12.4. The molecule has 1 aliphatic rings. The van der Waals surface area contributed by atoms with Crippen molar-refractivity contribution in [3.8, 4) is 0 Å². The minimum Gasteiger partial charge on any atom is -0.598 e. The second-order valence-corrected chi connectivity index (χ2v) is 9.52. The average Bonchev–Trinajstić information content (AvgIpc) is 3.03. The highest BCUT2D eigenvalue weighted by molar-refractivity contribution is 7.90. The zero-order valence-corrected chi connectivity index (χ0v) is 16.3. The Hall–Kier alpha value is -1.82. The first-order valence-electron chi connectivity index (χ1n) is 8.87. The molecule has 0 amide bonds. The maximum Gasteiger partial charge on any atom is 0.338 e. The number of ether oxygens (including phenoxy) is 1. The molecule has 0 aromatic heterocycles. The van der Waals surface area contributed by atoms with E-state index in [4.69, 9.17) is 4.74 Å². The third-order valence-corrected chi connectivity index (χ3v) is 6.12. The van der Waals surface area contributed by atoms with Crippen LogP contribution in [-0.4, -0.2) is 15.3 Å². The van der Waals surface area contributed by atoms with Crippen molar-refractivity contribution in [1.29, 1.82) is 0 Å². The molecule has 0 bridgehead atoms. The highest BCUT2D eigenvalue weighted by atomic mass is 32.2. The topological polar surface area (TPSA) is 61.4 Å². The number of esters is 1. The first kappa shape index (κ1) is 19.0. The zero-order valence-electron chi connectivity index (χ0n) is 15.5. The van der Waals surface area contributed by atoms with E-state index < -0.39 is 11.4 Å². The minimum atomic E-state index is -1.15. The fourth-order valence-corrected chi connectivity index (χ4v) is 3.93. The lowest BCUT2D eigenvalue weighted by atomic mass is 10.0. The van der Waals surface area contributed by atoms with E-state index in [-0.39, 0.29) is 23.4 Å². The third-order valence-electron chi connectivity index (χ3n) is 4.51. The van der Waals surface area contributed by atoms with E-state index >= 15 is 0 Å². The Morgan fingerprint density at radius 2 is 1.92 bits per heavy atom. The van der Waals surface area contributed by atoms with Gasteiger partial charge in [0, 0.05) is 11.4 Å². The van der Waals surface area contributed by atoms with Crippen LogP contribution in [0.25, 0.3) is 0 Å². The van der Waals surface area contributed by atoms with Gasteiger partial charge in [0.05, 0.1) is 11.6 Å². The molecule has 2 aromatic carbocycles. The molecule has 26 heavy (non-hydrogen) atoms. The minimum absolute atomic E-state index is 0.00642. The number of fused-ring (bicyclic) bond motifs is 1. The van der Waals surface area contributed by atoms with Crippen molar-refractivity contribution >= 4 is 17.3 Å². The quantitative estimate of drug-likeness (QED) is 0.635. The van der Waals surface area contributed by atoms with E-state index in [1.165, 1.54) is 0 Å². The molecule has 1 unspecified atom stereocenters. The van der Waals surface area contributed by atoms with Gasteiger partial charge in [-0.2, -0.15) is 0 Å². The molecule has 0 spiro atoms. The largest absolute Gasteiger partial charge is 0.598 e. The summed E-state index contributed by atoms with van der Waals surface area (Å²) >= 11 is -1.15. The van der Waals surface area contributed by atoms with Crippen LogP contribution in [0.15, 0.2) is 48.5 Å². The summed E-state index contributed by atoms with van der Waals surface area (Å²) in [7, 11) is 0. The maximum atomic E-state index is 12.6. The second-order valence-electron chi connectivity index (χ2n) is 7.53. The number of hydrogen-bond acceptors (Lipinski definition) is 4. The number of rotatable bonds is 5. The van der Waals surface area contributed by atoms with Crippen molar-refractivity contribution in [2.24, 2.45) is 0 Å². The van der Waals surface area contributed by atoms with Gasteiger partial charge < -0.3 is 9.29 Å². The summed E-state index contributed by atoms with van der Waals surface area (Å²) in [6.45, 7) is 6.11. The van der Waals surface area contributed by atoms with Gasteiger partial charge in [0.15, 0.2) is 0 Å². The predicted molar refractivity (Wildman–Crippen MR) is 104 cm³/mol. The molecule has 138 valence electrons. The molecule has 0 heterocycles. The standard InChI is InChI=1S/C21H25NO3S/c1-21(2,3)26(24)22-19-13-12-16-17(19)10-7-11-18(16)20(23)25-14-15-8-5-4-6-9-15/h4-11,19,22H,12-14H2,1-3H3/t19-,26?/m0/s1. The molecular weight excluding hydrogens is 346 g/mol. The van der Waals surface area contributed by atoms with Gasteiger partial charge in [-0.15, -0.1) is 4.72 Å². The SMILES string of the molecule is CC(C)(C)[S+]([O-])N[C@H]1CCc2c(C(=O)OCc3ccccc3)cccc21. The summed E-state index contributed by atoms with van der Waals surface area (Å²) in [4.78, 5) is 12.6. The van der Waals surface area contributed by atoms with E-state index in [1.54, 1.807) is 0 Å². The zero-order chi connectivity index (χ0) is 18.7. The smallest absolute Gasteiger partial charge is 0.338 e. The van der Waals surface area contributed by atoms with Crippen LogP contribution in [0.1, 0.15) is 60.3 Å². The Morgan fingerprint density at radius 3 is 2.62 bits per heavy atom. The summed E-state index contributed by atoms with van der Waals surface area (Å²) in [6, 6.07) is 15.4. The average molecular weight is 372 g/mol. The third kappa shape index (κ3) is 4.29. The van der Waals surface area contributed by atoms with E-state index in [9.17, 15) is 9.35 Å². The lowest BCUT2D eigenvalue weighted by molar-refractivity contribution is 0.0471. The molecule has 0 saturated carbocycles. The van der Waals surface area contributed by atoms with Gasteiger partial charge in [0.2, 0.25) is 0 Å². The molecule has 0 fully saturated rings. The summed E-state index contributed by atoms with van der Waals surface area (Å²) in [5, 5.41) is 0. The Bertz CT molecular complexity index is 771. The van der Waals surface area contributed by atoms with E-state index in [1.807, 2.05) is 69.3 Å². The van der Waals surface area contributed by atoms with Crippen molar-refractivity contribution in [3.63, 3.8) is 0 Å². The molecule has 3 rings (SSSR count). The summed E-state index contributed by atoms with van der Waals surface area (Å²) in [6.07, 6.45) is 1.62. The van der Waals surface area contributed by atoms with E-state index in [2.05, 4.69) is 4.72 Å². The number of carbonyl (C=O) groups is 1. The van der Waals surface area contributed by atoms with Crippen LogP contribution in [-0.2, 0) is 29.1 Å². The van der Waals surface area contributed by atoms with Crippen LogP contribution in [0, 0.1) is 0 Å². The fraction of sp³-hybridized carbons (Fsp3) is 0.381. The van der Waals surface area contributed by atoms with Crippen molar-refractivity contribution < 1.29 is 14.1 Å². The van der Waals surface area contributed by atoms with Crippen molar-refractivity contribution in [3.05, 3.63) is 70.8 Å². The van der Waals surface area contributed by atoms with Crippen molar-refractivity contribution in [2.75, 3.05) is 0 Å². The second kappa shape index (κ2) is 7.82. The number of benzene rings is 2. The number of carbonyl (C=O) groups excluding carboxylic acids is 1. The Kier molecular flexibility index (Phi) is 5.70. The molecule has 1 N–H and O–H groups in total. The van der Waals surface area contributed by atoms with Gasteiger partial charge >= 0.3 is 5.97 Å². The number of nitrogens with one attached hydrogen (secondary N) is 1. The molecule has 5 heteroatoms. The molecule has 0 radical (unpaired) electrons. The van der Waals surface area contributed by atoms with E-state index in [0.29, 0.717) is 5.56 Å². The lowest BCUT2D eigenvalue weighted by Crippen LogP contribution is -2.40. The normalized spacial score (nSPS) is 17.6. The fourth-order valence-electron chi connectivity index (χ4n) is 3.07. The van der Waals surface area contributed by atoms with Gasteiger partial charge in [-0.25, -0.2) is 4.79 Å². The van der Waals surface area contributed by atoms with Crippen LogP contribution in [0.3, 0.4) is 0 Å². The number of hydrogen-bond donors (Lipinski definition) is 1. The molecule has 4 nitrogen and oxygen atoms in total. The summed E-state index contributed by atoms with van der Waals surface area (Å²) in [5.41, 5.74) is 3.64. The molecule has 1 aliphatic carbocycles. The first-order valence-corrected chi connectivity index (χ1v) is 10.0. The lowest BCUT2D eigenvalue weighted by Gasteiger charge is -2.26. The summed E-state index contributed by atoms with van der Waals surface area (Å²) < 4.78 is 20.8. The van der Waals surface area contributed by atoms with Crippen molar-refractivity contribution in [1.82, 2.24) is 4.72 Å². The van der Waals surface area contributed by atoms with Gasteiger partial charge in [-0.3, -0.25) is 0 Å². The van der Waals surface area contributed by atoms with Crippen LogP contribution < -0.4 is 4.72 Å². The van der Waals surface area contributed by atoms with Gasteiger partial charge in [-0.05, 0) is 56.4 Å². The van der Waals surface area contributed by atoms with Crippen molar-refractivity contribution in [2.45, 2.75) is 51.0 Å². The Balaban J connectivity index is 1.72. The maximum absolute atomic E-state index is 12.6. The van der Waals surface area contributed by atoms with E-state index in [0.717, 1.165) is 29.5 Å². The molecule has 0 aliphatic heterocycles. The van der Waals surface area contributed by atoms with Crippen LogP contribution >= 0.6 is 0 Å². The molecular formula is C21H25NO3S. The van der Waals surface area contributed by atoms with Crippen LogP contribution in [0.5, 0.6) is 0 Å². The summed E-state index contributed by atoms with van der Waals surface area (Å²) in [5.74, 6) is -0.303. The van der Waals surface area contributed by atoms with Gasteiger partial charge in [-0.1, -0.05) is 42.5 Å². The van der Waals surface area contributed by atoms with Crippen LogP contribution in [0.2, 0.25) is 0 Å². The Labute approximate surface area is 158 Å². The molecule has 0 saturated heterocycles. The Morgan fingerprint density at radius 1 is 1.19 bits per heavy atom. The molecule has 2 aromatic rings. The highest BCUT2D eigenvalue weighted by Gasteiger charge is 2.34. The monoisotopic (exact) mass is 371 g/mol. The predicted octanol–water partition coefficient (Wildman–Crippen LogP) is 4.08. The molecule has 2 atom stereocenters. The van der Waals surface area contributed by atoms with Crippen LogP contribution in [0.4, 0.5) is 0 Å². The highest BCUT2D eigenvalue weighted by Crippen LogP contribution is 2.35. The van der Waals surface area contributed by atoms with Gasteiger partial charge in [0.1, 0.15) is 11.4 Å². The van der Waals surface area contributed by atoms with Gasteiger partial charge in [0.25, 0.3) is 0 Å².